The number of hydrogen-bond acceptors (Lipinski definition) is 1. The van der Waals surface area contributed by atoms with E-state index in [0.29, 0.717) is 12.2 Å². The highest BCUT2D eigenvalue weighted by atomic mass is 127. The van der Waals surface area contributed by atoms with Gasteiger partial charge >= 0.3 is 0 Å². The highest BCUT2D eigenvalue weighted by Gasteiger charge is 2.35. The molecular formula is C6H11IO. The van der Waals surface area contributed by atoms with E-state index in [9.17, 15) is 0 Å². The summed E-state index contributed by atoms with van der Waals surface area (Å²) >= 11 is 2.39. The van der Waals surface area contributed by atoms with Crippen LogP contribution in [0.15, 0.2) is 0 Å². The molecular weight excluding hydrogens is 215 g/mol. The van der Waals surface area contributed by atoms with Crippen LogP contribution in [-0.4, -0.2) is 16.6 Å². The molecule has 0 spiro atoms. The summed E-state index contributed by atoms with van der Waals surface area (Å²) in [5, 5.41) is 0. The van der Waals surface area contributed by atoms with Crippen LogP contribution < -0.4 is 0 Å². The molecule has 1 aliphatic heterocycles. The van der Waals surface area contributed by atoms with Gasteiger partial charge in [-0.1, -0.05) is 29.5 Å². The van der Waals surface area contributed by atoms with E-state index in [1.807, 2.05) is 0 Å². The Labute approximate surface area is 63.9 Å². The monoisotopic (exact) mass is 226 g/mol. The van der Waals surface area contributed by atoms with Gasteiger partial charge in [0.25, 0.3) is 0 Å². The fraction of sp³-hybridized carbons (Fsp3) is 1.00. The van der Waals surface area contributed by atoms with Crippen LogP contribution in [0.5, 0.6) is 0 Å². The van der Waals surface area contributed by atoms with Crippen molar-refractivity contribution in [3.63, 3.8) is 0 Å². The van der Waals surface area contributed by atoms with Crippen LogP contribution in [0.4, 0.5) is 0 Å². The lowest BCUT2D eigenvalue weighted by Crippen LogP contribution is -1.91. The molecule has 1 rings (SSSR count). The molecule has 0 amide bonds. The van der Waals surface area contributed by atoms with Crippen LogP contribution in [0.2, 0.25) is 0 Å². The van der Waals surface area contributed by atoms with E-state index in [4.69, 9.17) is 4.74 Å². The average molecular weight is 226 g/mol. The molecule has 48 valence electrons. The van der Waals surface area contributed by atoms with Crippen molar-refractivity contribution >= 4 is 22.6 Å². The topological polar surface area (TPSA) is 12.5 Å². The Morgan fingerprint density at radius 2 is 2.25 bits per heavy atom. The molecule has 2 atom stereocenters. The molecule has 0 aromatic rings. The van der Waals surface area contributed by atoms with Gasteiger partial charge in [-0.05, 0) is 12.8 Å². The van der Waals surface area contributed by atoms with Crippen molar-refractivity contribution in [2.75, 3.05) is 4.43 Å². The van der Waals surface area contributed by atoms with Crippen molar-refractivity contribution in [1.82, 2.24) is 0 Å². The van der Waals surface area contributed by atoms with Gasteiger partial charge in [-0.3, -0.25) is 0 Å². The van der Waals surface area contributed by atoms with E-state index in [-0.39, 0.29) is 0 Å². The summed E-state index contributed by atoms with van der Waals surface area (Å²) < 4.78 is 6.54. The lowest BCUT2D eigenvalue weighted by molar-refractivity contribution is 0.365. The van der Waals surface area contributed by atoms with E-state index >= 15 is 0 Å². The minimum atomic E-state index is 0.616. The normalized spacial score (nSPS) is 35.2. The van der Waals surface area contributed by atoms with Gasteiger partial charge in [0.15, 0.2) is 0 Å². The zero-order valence-electron chi connectivity index (χ0n) is 5.06. The third-order valence-electron chi connectivity index (χ3n) is 1.48. The fourth-order valence-corrected chi connectivity index (χ4v) is 1.51. The second-order valence-corrected chi connectivity index (χ2v) is 3.18. The first-order valence-electron chi connectivity index (χ1n) is 3.10. The minimum Gasteiger partial charge on any atom is -0.370 e. The van der Waals surface area contributed by atoms with E-state index in [1.54, 1.807) is 0 Å². The van der Waals surface area contributed by atoms with Crippen molar-refractivity contribution < 1.29 is 4.74 Å². The highest BCUT2D eigenvalue weighted by molar-refractivity contribution is 14.1. The SMILES string of the molecule is CC[C@@H]1O[C@@H]1CCI. The highest BCUT2D eigenvalue weighted by Crippen LogP contribution is 2.28. The van der Waals surface area contributed by atoms with E-state index in [0.717, 1.165) is 0 Å². The summed E-state index contributed by atoms with van der Waals surface area (Å²) in [7, 11) is 0. The maximum absolute atomic E-state index is 5.30. The molecule has 0 aliphatic carbocycles. The van der Waals surface area contributed by atoms with Gasteiger partial charge < -0.3 is 4.74 Å². The van der Waals surface area contributed by atoms with Crippen LogP contribution in [0, 0.1) is 0 Å². The molecule has 1 fully saturated rings. The van der Waals surface area contributed by atoms with Crippen molar-refractivity contribution in [3.05, 3.63) is 0 Å². The summed E-state index contributed by atoms with van der Waals surface area (Å²) in [5.74, 6) is 0. The first-order valence-corrected chi connectivity index (χ1v) is 4.62. The second-order valence-electron chi connectivity index (χ2n) is 2.10. The summed E-state index contributed by atoms with van der Waals surface area (Å²) in [4.78, 5) is 0. The maximum Gasteiger partial charge on any atom is 0.0849 e. The van der Waals surface area contributed by atoms with Crippen LogP contribution in [0.25, 0.3) is 0 Å². The molecule has 0 radical (unpaired) electrons. The number of alkyl halides is 1. The zero-order valence-corrected chi connectivity index (χ0v) is 7.22. The van der Waals surface area contributed by atoms with Crippen LogP contribution in [-0.2, 0) is 4.74 Å². The standard InChI is InChI=1S/C6H11IO/c1-2-5-6(8-5)3-4-7/h5-6H,2-4H2,1H3/t5-,6+/m0/s1. The Morgan fingerprint density at radius 1 is 1.50 bits per heavy atom. The van der Waals surface area contributed by atoms with Gasteiger partial charge in [0.05, 0.1) is 12.2 Å². The zero-order chi connectivity index (χ0) is 5.98. The Hall–Kier alpha value is 0.690. The molecule has 0 saturated carbocycles. The minimum absolute atomic E-state index is 0.616. The van der Waals surface area contributed by atoms with Crippen molar-refractivity contribution in [2.24, 2.45) is 0 Å². The third kappa shape index (κ3) is 1.58. The van der Waals surface area contributed by atoms with E-state index in [2.05, 4.69) is 29.5 Å². The van der Waals surface area contributed by atoms with Crippen molar-refractivity contribution in [3.8, 4) is 0 Å². The summed E-state index contributed by atoms with van der Waals surface area (Å²) in [6.07, 6.45) is 3.68. The van der Waals surface area contributed by atoms with Gasteiger partial charge in [0.2, 0.25) is 0 Å². The third-order valence-corrected chi connectivity index (χ3v) is 2.11. The molecule has 0 N–H and O–H groups in total. The molecule has 8 heavy (non-hydrogen) atoms. The van der Waals surface area contributed by atoms with Gasteiger partial charge in [0, 0.05) is 4.43 Å². The number of ether oxygens (including phenoxy) is 1. The van der Waals surface area contributed by atoms with Crippen molar-refractivity contribution in [1.29, 1.82) is 0 Å². The largest absolute Gasteiger partial charge is 0.370 e. The molecule has 1 aliphatic rings. The lowest BCUT2D eigenvalue weighted by Gasteiger charge is -1.83. The average Bonchev–Trinajstić information content (AvgIpc) is 2.48. The first-order chi connectivity index (χ1) is 3.88. The van der Waals surface area contributed by atoms with Gasteiger partial charge in [0.1, 0.15) is 0 Å². The Kier molecular flexibility index (Phi) is 2.56. The van der Waals surface area contributed by atoms with Crippen LogP contribution >= 0.6 is 22.6 Å². The molecule has 2 heteroatoms. The fourth-order valence-electron chi connectivity index (χ4n) is 0.900. The van der Waals surface area contributed by atoms with Crippen LogP contribution in [0.3, 0.4) is 0 Å². The Morgan fingerprint density at radius 3 is 2.62 bits per heavy atom. The quantitative estimate of drug-likeness (QED) is 0.407. The summed E-state index contributed by atoms with van der Waals surface area (Å²) in [5.41, 5.74) is 0. The lowest BCUT2D eigenvalue weighted by atomic mass is 10.2. The predicted molar refractivity (Wildman–Crippen MR) is 42.5 cm³/mol. The number of hydrogen-bond donors (Lipinski definition) is 0. The summed E-state index contributed by atoms with van der Waals surface area (Å²) in [6, 6.07) is 0. The maximum atomic E-state index is 5.30. The van der Waals surface area contributed by atoms with Gasteiger partial charge in [-0.25, -0.2) is 0 Å². The van der Waals surface area contributed by atoms with Crippen molar-refractivity contribution in [2.45, 2.75) is 32.0 Å². The Bertz CT molecular complexity index is 74.9. The predicted octanol–water partition coefficient (Wildman–Crippen LogP) is 1.99. The molecule has 1 saturated heterocycles. The van der Waals surface area contributed by atoms with E-state index < -0.39 is 0 Å². The number of rotatable bonds is 3. The summed E-state index contributed by atoms with van der Waals surface area (Å²) in [6.45, 7) is 2.18. The molecule has 0 bridgehead atoms. The van der Waals surface area contributed by atoms with Crippen LogP contribution in [0.1, 0.15) is 19.8 Å². The smallest absolute Gasteiger partial charge is 0.0849 e. The molecule has 0 aromatic heterocycles. The molecule has 0 aromatic carbocycles. The molecule has 0 unspecified atom stereocenters. The number of epoxide rings is 1. The van der Waals surface area contributed by atoms with E-state index in [1.165, 1.54) is 17.3 Å². The molecule has 1 heterocycles. The van der Waals surface area contributed by atoms with Gasteiger partial charge in [-0.15, -0.1) is 0 Å². The van der Waals surface area contributed by atoms with Gasteiger partial charge in [-0.2, -0.15) is 0 Å². The number of halogens is 1. The second kappa shape index (κ2) is 3.01. The molecule has 1 nitrogen and oxygen atoms in total. The Balaban J connectivity index is 1.99. The first kappa shape index (κ1) is 6.81.